The van der Waals surface area contributed by atoms with Crippen molar-refractivity contribution in [1.82, 2.24) is 9.97 Å². The maximum absolute atomic E-state index is 12.4. The Balaban J connectivity index is 1.71. The molecule has 26 heavy (non-hydrogen) atoms. The fourth-order valence-corrected chi connectivity index (χ4v) is 2.45. The molecular weight excluding hydrogens is 326 g/mol. The Bertz CT molecular complexity index is 941. The second-order valence-electron chi connectivity index (χ2n) is 5.58. The normalized spacial score (nSPS) is 10.7. The van der Waals surface area contributed by atoms with Gasteiger partial charge in [0.1, 0.15) is 5.82 Å². The molecule has 130 valence electrons. The van der Waals surface area contributed by atoms with Crippen LogP contribution in [0.1, 0.15) is 16.1 Å². The standard InChI is InChI=1S/C20H19N5O/c1-22-17-5-2-4-15(12-17)20(26)25-16-9-7-14(8-10-16)19-23-13-18(24-19)6-3-11-21/h2-13,21-22H,1H3,(H,23,24)(H,25,26)/b6-3-,21-11?. The van der Waals surface area contributed by atoms with E-state index in [0.29, 0.717) is 11.3 Å². The van der Waals surface area contributed by atoms with E-state index in [1.54, 1.807) is 30.5 Å². The number of amides is 1. The lowest BCUT2D eigenvalue weighted by Crippen LogP contribution is -2.12. The molecule has 6 heteroatoms. The van der Waals surface area contributed by atoms with Gasteiger partial charge in [-0.05, 0) is 54.6 Å². The van der Waals surface area contributed by atoms with Crippen LogP contribution in [0.4, 0.5) is 11.4 Å². The van der Waals surface area contributed by atoms with Crippen molar-refractivity contribution >= 4 is 29.6 Å². The molecule has 0 unspecified atom stereocenters. The maximum atomic E-state index is 12.4. The van der Waals surface area contributed by atoms with Crippen molar-refractivity contribution in [3.63, 3.8) is 0 Å². The van der Waals surface area contributed by atoms with Crippen LogP contribution in [0.2, 0.25) is 0 Å². The number of carbonyl (C=O) groups excluding carboxylic acids is 1. The van der Waals surface area contributed by atoms with Gasteiger partial charge in [0, 0.05) is 35.8 Å². The van der Waals surface area contributed by atoms with E-state index in [-0.39, 0.29) is 5.91 Å². The SMILES string of the molecule is CNc1cccc(C(=O)Nc2ccc(-c3ncc(/C=C\C=N)[nH]3)cc2)c1. The summed E-state index contributed by atoms with van der Waals surface area (Å²) < 4.78 is 0. The first-order valence-electron chi connectivity index (χ1n) is 8.11. The fourth-order valence-electron chi connectivity index (χ4n) is 2.45. The summed E-state index contributed by atoms with van der Waals surface area (Å²) in [6, 6.07) is 14.8. The maximum Gasteiger partial charge on any atom is 0.255 e. The van der Waals surface area contributed by atoms with Gasteiger partial charge < -0.3 is 21.0 Å². The molecule has 3 rings (SSSR count). The zero-order valence-electron chi connectivity index (χ0n) is 14.3. The van der Waals surface area contributed by atoms with Crippen molar-refractivity contribution in [2.45, 2.75) is 0 Å². The second kappa shape index (κ2) is 7.94. The number of anilines is 2. The molecule has 0 bridgehead atoms. The Morgan fingerprint density at radius 1 is 1.15 bits per heavy atom. The molecule has 6 nitrogen and oxygen atoms in total. The number of H-pyrrole nitrogens is 1. The van der Waals surface area contributed by atoms with Crippen molar-refractivity contribution in [3.05, 3.63) is 72.1 Å². The molecule has 0 fully saturated rings. The van der Waals surface area contributed by atoms with Crippen LogP contribution in [0.25, 0.3) is 17.5 Å². The van der Waals surface area contributed by atoms with Gasteiger partial charge in [0.05, 0.1) is 11.9 Å². The smallest absolute Gasteiger partial charge is 0.255 e. The summed E-state index contributed by atoms with van der Waals surface area (Å²) in [5, 5.41) is 12.9. The third-order valence-corrected chi connectivity index (χ3v) is 3.80. The van der Waals surface area contributed by atoms with Gasteiger partial charge in [-0.1, -0.05) is 6.07 Å². The third kappa shape index (κ3) is 4.05. The predicted molar refractivity (Wildman–Crippen MR) is 106 cm³/mol. The van der Waals surface area contributed by atoms with Crippen molar-refractivity contribution in [2.75, 3.05) is 17.7 Å². The molecule has 0 aliphatic rings. The lowest BCUT2D eigenvalue weighted by Gasteiger charge is -2.07. The zero-order valence-corrected chi connectivity index (χ0v) is 14.3. The number of nitrogens with one attached hydrogen (secondary N) is 4. The minimum atomic E-state index is -0.160. The Kier molecular flexibility index (Phi) is 5.24. The van der Waals surface area contributed by atoms with Crippen molar-refractivity contribution < 1.29 is 4.79 Å². The summed E-state index contributed by atoms with van der Waals surface area (Å²) >= 11 is 0. The van der Waals surface area contributed by atoms with Crippen LogP contribution in [-0.2, 0) is 0 Å². The Labute approximate surface area is 151 Å². The van der Waals surface area contributed by atoms with E-state index >= 15 is 0 Å². The van der Waals surface area contributed by atoms with Crippen molar-refractivity contribution in [3.8, 4) is 11.4 Å². The van der Waals surface area contributed by atoms with Gasteiger partial charge in [0.15, 0.2) is 0 Å². The predicted octanol–water partition coefficient (Wildman–Crippen LogP) is 4.03. The number of allylic oxidation sites excluding steroid dienone is 1. The Hall–Kier alpha value is -3.67. The van der Waals surface area contributed by atoms with E-state index < -0.39 is 0 Å². The van der Waals surface area contributed by atoms with Crippen LogP contribution in [-0.4, -0.2) is 29.1 Å². The quantitative estimate of drug-likeness (QED) is 0.508. The van der Waals surface area contributed by atoms with E-state index in [9.17, 15) is 4.79 Å². The topological polar surface area (TPSA) is 93.7 Å². The summed E-state index contributed by atoms with van der Waals surface area (Å²) in [6.07, 6.45) is 6.32. The van der Waals surface area contributed by atoms with E-state index in [1.807, 2.05) is 43.4 Å². The molecule has 1 aromatic heterocycles. The van der Waals surface area contributed by atoms with Crippen LogP contribution in [0, 0.1) is 5.41 Å². The highest BCUT2D eigenvalue weighted by atomic mass is 16.1. The fraction of sp³-hybridized carbons (Fsp3) is 0.0500. The highest BCUT2D eigenvalue weighted by Gasteiger charge is 2.07. The minimum Gasteiger partial charge on any atom is -0.388 e. The number of hydrogen-bond acceptors (Lipinski definition) is 4. The monoisotopic (exact) mass is 345 g/mol. The molecule has 1 amide bonds. The molecule has 0 saturated heterocycles. The highest BCUT2D eigenvalue weighted by Crippen LogP contribution is 2.20. The number of rotatable bonds is 6. The highest BCUT2D eigenvalue weighted by molar-refractivity contribution is 6.04. The lowest BCUT2D eigenvalue weighted by atomic mass is 10.1. The van der Waals surface area contributed by atoms with E-state index in [1.165, 1.54) is 6.21 Å². The number of hydrogen-bond donors (Lipinski definition) is 4. The van der Waals surface area contributed by atoms with Crippen LogP contribution < -0.4 is 10.6 Å². The Morgan fingerprint density at radius 3 is 2.69 bits per heavy atom. The van der Waals surface area contributed by atoms with Gasteiger partial charge in [0.25, 0.3) is 5.91 Å². The molecule has 0 spiro atoms. The molecule has 2 aromatic carbocycles. The second-order valence-corrected chi connectivity index (χ2v) is 5.58. The van der Waals surface area contributed by atoms with E-state index in [4.69, 9.17) is 5.41 Å². The van der Waals surface area contributed by atoms with Gasteiger partial charge >= 0.3 is 0 Å². The molecule has 0 aliphatic carbocycles. The average Bonchev–Trinajstić information content (AvgIpc) is 3.16. The average molecular weight is 345 g/mol. The number of aromatic nitrogens is 2. The third-order valence-electron chi connectivity index (χ3n) is 3.80. The van der Waals surface area contributed by atoms with Crippen molar-refractivity contribution in [2.24, 2.45) is 0 Å². The number of imidazole rings is 1. The minimum absolute atomic E-state index is 0.160. The molecule has 4 N–H and O–H groups in total. The van der Waals surface area contributed by atoms with Crippen LogP contribution in [0.3, 0.4) is 0 Å². The zero-order chi connectivity index (χ0) is 18.4. The molecule has 3 aromatic rings. The first-order chi connectivity index (χ1) is 12.7. The summed E-state index contributed by atoms with van der Waals surface area (Å²) in [5.74, 6) is 0.571. The molecule has 1 heterocycles. The van der Waals surface area contributed by atoms with Gasteiger partial charge in [-0.2, -0.15) is 0 Å². The van der Waals surface area contributed by atoms with E-state index in [0.717, 1.165) is 22.8 Å². The largest absolute Gasteiger partial charge is 0.388 e. The van der Waals surface area contributed by atoms with Crippen LogP contribution in [0.5, 0.6) is 0 Å². The molecule has 0 saturated carbocycles. The van der Waals surface area contributed by atoms with Crippen LogP contribution >= 0.6 is 0 Å². The Morgan fingerprint density at radius 2 is 1.96 bits per heavy atom. The molecule has 0 radical (unpaired) electrons. The summed E-state index contributed by atoms with van der Waals surface area (Å²) in [6.45, 7) is 0. The molecule has 0 atom stereocenters. The number of nitrogens with zero attached hydrogens (tertiary/aromatic N) is 1. The lowest BCUT2D eigenvalue weighted by molar-refractivity contribution is 0.102. The molecule has 0 aliphatic heterocycles. The first-order valence-corrected chi connectivity index (χ1v) is 8.11. The van der Waals surface area contributed by atoms with Crippen molar-refractivity contribution in [1.29, 1.82) is 5.41 Å². The number of carbonyl (C=O) groups is 1. The van der Waals surface area contributed by atoms with Crippen LogP contribution in [0.15, 0.2) is 60.8 Å². The van der Waals surface area contributed by atoms with Gasteiger partial charge in [-0.25, -0.2) is 4.98 Å². The number of aromatic amines is 1. The number of benzene rings is 2. The van der Waals surface area contributed by atoms with Gasteiger partial charge in [0.2, 0.25) is 0 Å². The first kappa shape index (κ1) is 17.2. The summed E-state index contributed by atoms with van der Waals surface area (Å²) in [5.41, 5.74) is 3.93. The van der Waals surface area contributed by atoms with E-state index in [2.05, 4.69) is 20.6 Å². The molecular formula is C20H19N5O. The van der Waals surface area contributed by atoms with Gasteiger partial charge in [-0.15, -0.1) is 0 Å². The summed E-state index contributed by atoms with van der Waals surface area (Å²) in [7, 11) is 1.82. The van der Waals surface area contributed by atoms with Gasteiger partial charge in [-0.3, -0.25) is 4.79 Å². The summed E-state index contributed by atoms with van der Waals surface area (Å²) in [4.78, 5) is 19.8.